The van der Waals surface area contributed by atoms with Gasteiger partial charge in [0.2, 0.25) is 0 Å². The summed E-state index contributed by atoms with van der Waals surface area (Å²) in [6.07, 6.45) is 0. The van der Waals surface area contributed by atoms with Gasteiger partial charge in [-0.05, 0) is 57.1 Å². The molecule has 0 radical (unpaired) electrons. The van der Waals surface area contributed by atoms with Gasteiger partial charge in [-0.3, -0.25) is 4.79 Å². The van der Waals surface area contributed by atoms with Gasteiger partial charge in [0.15, 0.2) is 5.52 Å². The maximum atomic E-state index is 13.9. The molecule has 6 nitrogen and oxygen atoms in total. The fraction of sp³-hybridized carbons (Fsp3) is 0.0606. The molecule has 5 aromatic rings. The molecule has 0 fully saturated rings. The van der Waals surface area contributed by atoms with Gasteiger partial charge in [-0.25, -0.2) is 0 Å². The van der Waals surface area contributed by atoms with Gasteiger partial charge in [0.1, 0.15) is 51.6 Å². The minimum absolute atomic E-state index is 0. The van der Waals surface area contributed by atoms with Crippen LogP contribution in [0.2, 0.25) is 0 Å². The quantitative estimate of drug-likeness (QED) is 0.161. The van der Waals surface area contributed by atoms with Crippen molar-refractivity contribution in [2.75, 3.05) is 14.2 Å². The minimum Gasteiger partial charge on any atom is -1.00 e. The Morgan fingerprint density at radius 3 is 1.37 bits per heavy atom. The number of benzene rings is 5. The average molecular weight is 558 g/mol. The zero-order valence-corrected chi connectivity index (χ0v) is 24.0. The normalized spacial score (nSPS) is 10.5. The number of methoxy groups -OCH3 is 2. The van der Waals surface area contributed by atoms with E-state index >= 15 is 0 Å². The molecule has 0 saturated carbocycles. The molecule has 0 heterocycles. The summed E-state index contributed by atoms with van der Waals surface area (Å²) in [5.74, 6) is 4.10. The van der Waals surface area contributed by atoms with Crippen LogP contribution in [-0.4, -0.2) is 19.7 Å². The summed E-state index contributed by atoms with van der Waals surface area (Å²) in [7, 11) is 2.67. The van der Waals surface area contributed by atoms with E-state index in [0.29, 0.717) is 56.9 Å². The first-order chi connectivity index (χ1) is 19.6. The molecule has 0 aliphatic rings. The Hall–Kier alpha value is -4.20. The summed E-state index contributed by atoms with van der Waals surface area (Å²) in [6.45, 7) is 0. The second kappa shape index (κ2) is 14.4. The van der Waals surface area contributed by atoms with Gasteiger partial charge in [-0.2, -0.15) is 0 Å². The first kappa shape index (κ1) is 29.8. The van der Waals surface area contributed by atoms with E-state index in [1.54, 1.807) is 30.3 Å². The summed E-state index contributed by atoms with van der Waals surface area (Å²) in [5.41, 5.74) is 0.161. The summed E-state index contributed by atoms with van der Waals surface area (Å²) in [5, 5.41) is 0.575. The average Bonchev–Trinajstić information content (AvgIpc) is 3.00. The van der Waals surface area contributed by atoms with Crippen molar-refractivity contribution in [1.82, 2.24) is 0 Å². The number of hydrogen-bond donors (Lipinski definition) is 0. The molecular formula is C33H28LiO6P. The summed E-state index contributed by atoms with van der Waals surface area (Å²) >= 11 is 0. The second-order valence-corrected chi connectivity index (χ2v) is 9.74. The van der Waals surface area contributed by atoms with Crippen molar-refractivity contribution < 1.29 is 48.8 Å². The third-order valence-corrected chi connectivity index (χ3v) is 7.07. The predicted octanol–water partition coefficient (Wildman–Crippen LogP) is 5.34. The monoisotopic (exact) mass is 558 g/mol. The molecule has 8 heteroatoms. The van der Waals surface area contributed by atoms with E-state index in [-0.39, 0.29) is 34.4 Å². The van der Waals surface area contributed by atoms with Gasteiger partial charge in [0.05, 0.1) is 19.5 Å². The van der Waals surface area contributed by atoms with Crippen LogP contribution in [0.4, 0.5) is 0 Å². The SMILES string of the molecule is COc1cccc(OC)c1C(=O)Pc1c(Oc2ccccc2)cc(Oc2ccccc2)cc1Oc1ccccc1.[H-].[Li+]. The van der Waals surface area contributed by atoms with E-state index in [4.69, 9.17) is 23.7 Å². The van der Waals surface area contributed by atoms with Gasteiger partial charge in [0.25, 0.3) is 0 Å². The maximum Gasteiger partial charge on any atom is 1.00 e. The topological polar surface area (TPSA) is 63.2 Å². The first-order valence-electron chi connectivity index (χ1n) is 12.5. The molecule has 0 aliphatic heterocycles. The molecule has 41 heavy (non-hydrogen) atoms. The molecule has 0 spiro atoms. The van der Waals surface area contributed by atoms with Crippen molar-refractivity contribution in [3.8, 4) is 46.0 Å². The Morgan fingerprint density at radius 1 is 0.537 bits per heavy atom. The molecule has 5 aromatic carbocycles. The zero-order valence-electron chi connectivity index (χ0n) is 24.0. The van der Waals surface area contributed by atoms with Crippen LogP contribution < -0.4 is 47.8 Å². The van der Waals surface area contributed by atoms with Crippen molar-refractivity contribution in [2.45, 2.75) is 0 Å². The maximum absolute atomic E-state index is 13.9. The van der Waals surface area contributed by atoms with Crippen LogP contribution in [0.5, 0.6) is 46.0 Å². The van der Waals surface area contributed by atoms with Gasteiger partial charge in [-0.15, -0.1) is 0 Å². The van der Waals surface area contributed by atoms with Crippen molar-refractivity contribution in [2.24, 2.45) is 0 Å². The molecule has 0 aromatic heterocycles. The van der Waals surface area contributed by atoms with Gasteiger partial charge >= 0.3 is 18.9 Å². The molecule has 0 saturated heterocycles. The summed E-state index contributed by atoms with van der Waals surface area (Å²) in [4.78, 5) is 13.9. The standard InChI is InChI=1S/C33H27O6P.Li.H/c1-35-27-19-12-20-28(36-2)31(27)33(34)40-32-29(38-24-15-8-4-9-16-24)21-26(37-23-13-6-3-7-14-23)22-30(32)39-25-17-10-5-11-18-25;;/h3-22,40H,1-2H3;;/q;+1;-1. The van der Waals surface area contributed by atoms with Crippen molar-refractivity contribution in [1.29, 1.82) is 0 Å². The van der Waals surface area contributed by atoms with E-state index in [2.05, 4.69) is 0 Å². The zero-order chi connectivity index (χ0) is 27.7. The first-order valence-corrected chi connectivity index (χ1v) is 13.5. The third-order valence-electron chi connectivity index (χ3n) is 5.85. The van der Waals surface area contributed by atoms with Crippen LogP contribution in [0, 0.1) is 0 Å². The van der Waals surface area contributed by atoms with Crippen molar-refractivity contribution >= 4 is 19.4 Å². The van der Waals surface area contributed by atoms with Crippen LogP contribution in [0.25, 0.3) is 0 Å². The van der Waals surface area contributed by atoms with E-state index in [1.165, 1.54) is 14.2 Å². The van der Waals surface area contributed by atoms with E-state index in [0.717, 1.165) is 0 Å². The van der Waals surface area contributed by atoms with Crippen LogP contribution in [0.3, 0.4) is 0 Å². The molecule has 0 bridgehead atoms. The Kier molecular flexibility index (Phi) is 10.5. The van der Waals surface area contributed by atoms with E-state index < -0.39 is 0 Å². The number of rotatable bonds is 11. The molecule has 1 unspecified atom stereocenters. The van der Waals surface area contributed by atoms with Gasteiger partial charge in [-0.1, -0.05) is 60.7 Å². The fourth-order valence-corrected chi connectivity index (χ4v) is 5.11. The van der Waals surface area contributed by atoms with E-state index in [9.17, 15) is 4.79 Å². The van der Waals surface area contributed by atoms with Crippen LogP contribution in [0.1, 0.15) is 11.8 Å². The molecule has 202 valence electrons. The molecular weight excluding hydrogens is 530 g/mol. The molecule has 5 rings (SSSR count). The number of ether oxygens (including phenoxy) is 5. The third kappa shape index (κ3) is 7.51. The van der Waals surface area contributed by atoms with Gasteiger partial charge in [0, 0.05) is 12.1 Å². The Labute approximate surface area is 254 Å². The van der Waals surface area contributed by atoms with Gasteiger partial charge < -0.3 is 25.1 Å². The number of hydrogen-bond acceptors (Lipinski definition) is 6. The Bertz CT molecular complexity index is 1500. The summed E-state index contributed by atoms with van der Waals surface area (Å²) in [6, 6.07) is 37.0. The molecule has 1 atom stereocenters. The Balaban J connectivity index is 0.00000242. The smallest absolute Gasteiger partial charge is 1.00 e. The Morgan fingerprint density at radius 2 is 0.951 bits per heavy atom. The van der Waals surface area contributed by atoms with Crippen LogP contribution in [-0.2, 0) is 0 Å². The molecule has 0 N–H and O–H groups in total. The fourth-order valence-electron chi connectivity index (χ4n) is 4.02. The minimum atomic E-state index is -0.385. The second-order valence-electron chi connectivity index (χ2n) is 8.53. The number of para-hydroxylation sites is 3. The number of carbonyl (C=O) groups is 1. The van der Waals surface area contributed by atoms with Crippen molar-refractivity contribution in [3.05, 3.63) is 127 Å². The van der Waals surface area contributed by atoms with Crippen LogP contribution >= 0.6 is 8.58 Å². The largest absolute Gasteiger partial charge is 1.00 e. The van der Waals surface area contributed by atoms with Crippen LogP contribution in [0.15, 0.2) is 121 Å². The molecule has 0 aliphatic carbocycles. The van der Waals surface area contributed by atoms with Crippen molar-refractivity contribution in [3.63, 3.8) is 0 Å². The molecule has 0 amide bonds. The van der Waals surface area contributed by atoms with E-state index in [1.807, 2.05) is 91.0 Å². The summed E-state index contributed by atoms with van der Waals surface area (Å²) < 4.78 is 29.9. The predicted molar refractivity (Wildman–Crippen MR) is 159 cm³/mol. The number of carbonyl (C=O) groups excluding carboxylic acids is 1.